The Morgan fingerprint density at radius 2 is 1.74 bits per heavy atom. The van der Waals surface area contributed by atoms with Gasteiger partial charge in [0.25, 0.3) is 0 Å². The van der Waals surface area contributed by atoms with E-state index in [2.05, 4.69) is 19.6 Å². The van der Waals surface area contributed by atoms with Crippen molar-refractivity contribution in [3.05, 3.63) is 35.4 Å². The molecule has 0 aliphatic rings. The zero-order chi connectivity index (χ0) is 14.5. The standard InChI is InChI=1S/C14H20O4Si/c1-19(2,3)9-8-18-14(17)12-6-4-11(5-7-12)10-13(15)16/h4-7H,8-10H2,1-3H3,(H,15,16). The fraction of sp³-hybridized carbons (Fsp3) is 0.429. The van der Waals surface area contributed by atoms with E-state index >= 15 is 0 Å². The van der Waals surface area contributed by atoms with E-state index < -0.39 is 14.0 Å². The minimum atomic E-state index is -1.19. The van der Waals surface area contributed by atoms with Gasteiger partial charge in [0, 0.05) is 8.07 Å². The number of carbonyl (C=O) groups excluding carboxylic acids is 1. The average Bonchev–Trinajstić information content (AvgIpc) is 2.27. The van der Waals surface area contributed by atoms with E-state index in [-0.39, 0.29) is 12.4 Å². The molecule has 0 aliphatic heterocycles. The van der Waals surface area contributed by atoms with Crippen LogP contribution in [0.5, 0.6) is 0 Å². The second-order valence-corrected chi connectivity index (χ2v) is 11.3. The van der Waals surface area contributed by atoms with Crippen molar-refractivity contribution in [2.24, 2.45) is 0 Å². The Morgan fingerprint density at radius 3 is 2.21 bits per heavy atom. The number of aliphatic carboxylic acids is 1. The van der Waals surface area contributed by atoms with Crippen LogP contribution in [-0.2, 0) is 16.0 Å². The van der Waals surface area contributed by atoms with Gasteiger partial charge < -0.3 is 9.84 Å². The Hall–Kier alpha value is -1.62. The lowest BCUT2D eigenvalue weighted by Crippen LogP contribution is -2.22. The van der Waals surface area contributed by atoms with Crippen molar-refractivity contribution in [3.63, 3.8) is 0 Å². The van der Waals surface area contributed by atoms with Crippen molar-refractivity contribution in [2.45, 2.75) is 32.1 Å². The van der Waals surface area contributed by atoms with Gasteiger partial charge in [-0.1, -0.05) is 31.8 Å². The molecule has 0 heterocycles. The number of carboxylic acids is 1. The van der Waals surface area contributed by atoms with Gasteiger partial charge in [-0.25, -0.2) is 4.79 Å². The Balaban J connectivity index is 2.51. The van der Waals surface area contributed by atoms with Gasteiger partial charge in [0.15, 0.2) is 0 Å². The lowest BCUT2D eigenvalue weighted by molar-refractivity contribution is -0.136. The Labute approximate surface area is 114 Å². The molecule has 0 unspecified atom stereocenters. The van der Waals surface area contributed by atoms with Crippen molar-refractivity contribution in [2.75, 3.05) is 6.61 Å². The van der Waals surface area contributed by atoms with Gasteiger partial charge in [-0.15, -0.1) is 0 Å². The number of benzene rings is 1. The molecule has 0 bridgehead atoms. The summed E-state index contributed by atoms with van der Waals surface area (Å²) in [5.41, 5.74) is 1.14. The van der Waals surface area contributed by atoms with E-state index in [9.17, 15) is 9.59 Å². The molecule has 1 rings (SSSR count). The number of ether oxygens (including phenoxy) is 1. The predicted octanol–water partition coefficient (Wildman–Crippen LogP) is 2.81. The predicted molar refractivity (Wildman–Crippen MR) is 76.2 cm³/mol. The van der Waals surface area contributed by atoms with Crippen LogP contribution in [0.3, 0.4) is 0 Å². The van der Waals surface area contributed by atoms with Crippen molar-refractivity contribution < 1.29 is 19.4 Å². The highest BCUT2D eigenvalue weighted by atomic mass is 28.3. The molecule has 0 fully saturated rings. The molecule has 0 aromatic heterocycles. The summed E-state index contributed by atoms with van der Waals surface area (Å²) in [6.45, 7) is 7.12. The Bertz CT molecular complexity index is 446. The first kappa shape index (κ1) is 15.4. The molecule has 0 spiro atoms. The maximum atomic E-state index is 11.7. The quantitative estimate of drug-likeness (QED) is 0.643. The zero-order valence-electron chi connectivity index (χ0n) is 11.6. The van der Waals surface area contributed by atoms with Crippen LogP contribution >= 0.6 is 0 Å². The molecule has 0 saturated heterocycles. The van der Waals surface area contributed by atoms with Crippen molar-refractivity contribution >= 4 is 20.0 Å². The third-order valence-electron chi connectivity index (χ3n) is 2.63. The van der Waals surface area contributed by atoms with Gasteiger partial charge in [-0.2, -0.15) is 0 Å². The number of carbonyl (C=O) groups is 2. The van der Waals surface area contributed by atoms with E-state index in [4.69, 9.17) is 9.84 Å². The third kappa shape index (κ3) is 6.19. The van der Waals surface area contributed by atoms with E-state index in [1.54, 1.807) is 24.3 Å². The summed E-state index contributed by atoms with van der Waals surface area (Å²) < 4.78 is 5.20. The summed E-state index contributed by atoms with van der Waals surface area (Å²) in [4.78, 5) is 22.3. The minimum absolute atomic E-state index is 0.0368. The van der Waals surface area contributed by atoms with Crippen LogP contribution in [0.1, 0.15) is 15.9 Å². The smallest absolute Gasteiger partial charge is 0.338 e. The van der Waals surface area contributed by atoms with E-state index in [0.717, 1.165) is 6.04 Å². The van der Waals surface area contributed by atoms with Crippen molar-refractivity contribution in [1.82, 2.24) is 0 Å². The van der Waals surface area contributed by atoms with Crippen LogP contribution in [0.2, 0.25) is 25.7 Å². The van der Waals surface area contributed by atoms with Crippen molar-refractivity contribution in [1.29, 1.82) is 0 Å². The lowest BCUT2D eigenvalue weighted by Gasteiger charge is -2.15. The van der Waals surface area contributed by atoms with E-state index in [0.29, 0.717) is 17.7 Å². The molecule has 4 nitrogen and oxygen atoms in total. The Morgan fingerprint density at radius 1 is 1.16 bits per heavy atom. The summed E-state index contributed by atoms with van der Waals surface area (Å²) >= 11 is 0. The number of hydrogen-bond donors (Lipinski definition) is 1. The highest BCUT2D eigenvalue weighted by molar-refractivity contribution is 6.76. The van der Waals surface area contributed by atoms with Crippen LogP contribution in [0.4, 0.5) is 0 Å². The maximum absolute atomic E-state index is 11.7. The van der Waals surface area contributed by atoms with Crippen LogP contribution < -0.4 is 0 Å². The summed E-state index contributed by atoms with van der Waals surface area (Å²) in [7, 11) is -1.19. The zero-order valence-corrected chi connectivity index (χ0v) is 12.6. The normalized spacial score (nSPS) is 11.1. The molecule has 0 atom stereocenters. The molecular weight excluding hydrogens is 260 g/mol. The molecule has 19 heavy (non-hydrogen) atoms. The van der Waals surface area contributed by atoms with Gasteiger partial charge in [0.2, 0.25) is 0 Å². The SMILES string of the molecule is C[Si](C)(C)CCOC(=O)c1ccc(CC(=O)O)cc1. The summed E-state index contributed by atoms with van der Waals surface area (Å²) in [5, 5.41) is 8.65. The lowest BCUT2D eigenvalue weighted by atomic mass is 10.1. The highest BCUT2D eigenvalue weighted by Crippen LogP contribution is 2.10. The number of esters is 1. The monoisotopic (exact) mass is 280 g/mol. The van der Waals surface area contributed by atoms with E-state index in [1.165, 1.54) is 0 Å². The van der Waals surface area contributed by atoms with Gasteiger partial charge in [-0.3, -0.25) is 4.79 Å². The van der Waals surface area contributed by atoms with Crippen molar-refractivity contribution in [3.8, 4) is 0 Å². The second kappa shape index (κ2) is 6.52. The number of rotatable bonds is 6. The number of hydrogen-bond acceptors (Lipinski definition) is 3. The molecule has 1 N–H and O–H groups in total. The van der Waals surface area contributed by atoms with Crippen LogP contribution in [0, 0.1) is 0 Å². The first-order valence-corrected chi connectivity index (χ1v) is 9.96. The summed E-state index contributed by atoms with van der Waals surface area (Å²) in [5.74, 6) is -1.23. The molecule has 0 radical (unpaired) electrons. The molecule has 5 heteroatoms. The van der Waals surface area contributed by atoms with Crippen LogP contribution in [-0.4, -0.2) is 31.7 Å². The highest BCUT2D eigenvalue weighted by Gasteiger charge is 2.14. The summed E-state index contributed by atoms with van der Waals surface area (Å²) in [6, 6.07) is 7.44. The minimum Gasteiger partial charge on any atom is -0.481 e. The van der Waals surface area contributed by atoms with Gasteiger partial charge in [0.1, 0.15) is 0 Å². The molecule has 0 saturated carbocycles. The van der Waals surface area contributed by atoms with Crippen LogP contribution in [0.15, 0.2) is 24.3 Å². The second-order valence-electron chi connectivity index (χ2n) is 5.71. The van der Waals surface area contributed by atoms with Gasteiger partial charge in [0.05, 0.1) is 18.6 Å². The molecular formula is C14H20O4Si. The third-order valence-corrected chi connectivity index (χ3v) is 4.33. The molecule has 1 aromatic carbocycles. The first-order chi connectivity index (χ1) is 8.78. The molecule has 1 aromatic rings. The van der Waals surface area contributed by atoms with E-state index in [1.807, 2.05) is 0 Å². The molecule has 0 aliphatic carbocycles. The Kier molecular flexibility index (Phi) is 5.29. The first-order valence-electron chi connectivity index (χ1n) is 6.26. The fourth-order valence-corrected chi connectivity index (χ4v) is 2.18. The largest absolute Gasteiger partial charge is 0.481 e. The van der Waals surface area contributed by atoms with Gasteiger partial charge >= 0.3 is 11.9 Å². The van der Waals surface area contributed by atoms with Gasteiger partial charge in [-0.05, 0) is 23.7 Å². The average molecular weight is 280 g/mol. The maximum Gasteiger partial charge on any atom is 0.338 e. The molecule has 104 valence electrons. The topological polar surface area (TPSA) is 63.6 Å². The van der Waals surface area contributed by atoms with Crippen LogP contribution in [0.25, 0.3) is 0 Å². The molecule has 0 amide bonds. The fourth-order valence-electron chi connectivity index (χ4n) is 1.47. The summed E-state index contributed by atoms with van der Waals surface area (Å²) in [6.07, 6.45) is -0.0368. The number of carboxylic acid groups (broad SMARTS) is 1.